The Morgan fingerprint density at radius 3 is 2.58 bits per heavy atom. The van der Waals surface area contributed by atoms with Gasteiger partial charge in [0.1, 0.15) is 5.82 Å². The quantitative estimate of drug-likeness (QED) is 0.740. The highest BCUT2D eigenvalue weighted by Crippen LogP contribution is 2.33. The zero-order valence-corrected chi connectivity index (χ0v) is 15.5. The Morgan fingerprint density at radius 1 is 1.04 bits per heavy atom. The molecule has 0 radical (unpaired) electrons. The smallest absolute Gasteiger partial charge is 0.124 e. The van der Waals surface area contributed by atoms with Gasteiger partial charge >= 0.3 is 0 Å². The van der Waals surface area contributed by atoms with Crippen molar-refractivity contribution in [3.63, 3.8) is 0 Å². The standard InChI is InChI=1S/C22H28N4/c1-2-12-26-21-11-7-6-10-20(21)24-22(26)16-25-14-18(13-23)19(15-25)17-8-4-3-5-9-17/h3-11,18-19H,2,12-16,23H2,1H3/t18-,19+/m1/s1. The van der Waals surface area contributed by atoms with E-state index in [2.05, 4.69) is 71.0 Å². The van der Waals surface area contributed by atoms with Crippen LogP contribution in [0.5, 0.6) is 0 Å². The van der Waals surface area contributed by atoms with Crippen molar-refractivity contribution in [2.75, 3.05) is 19.6 Å². The molecule has 0 saturated carbocycles. The van der Waals surface area contributed by atoms with Crippen LogP contribution in [0.15, 0.2) is 54.6 Å². The normalized spacial score (nSPS) is 20.8. The number of likely N-dealkylation sites (tertiary alicyclic amines) is 1. The SMILES string of the molecule is CCCn1c(CN2C[C@@H](CN)[C@H](c3ccccc3)C2)nc2ccccc21. The Hall–Kier alpha value is -2.17. The molecule has 1 aromatic heterocycles. The molecule has 4 rings (SSSR count). The Bertz CT molecular complexity index is 855. The monoisotopic (exact) mass is 348 g/mol. The van der Waals surface area contributed by atoms with E-state index in [1.807, 2.05) is 0 Å². The lowest BCUT2D eigenvalue weighted by Gasteiger charge is -2.17. The van der Waals surface area contributed by atoms with Gasteiger partial charge in [0, 0.05) is 25.6 Å². The van der Waals surface area contributed by atoms with Gasteiger partial charge in [0.25, 0.3) is 0 Å². The summed E-state index contributed by atoms with van der Waals surface area (Å²) in [7, 11) is 0. The average molecular weight is 348 g/mol. The average Bonchev–Trinajstić information content (AvgIpc) is 3.25. The van der Waals surface area contributed by atoms with Gasteiger partial charge in [-0.05, 0) is 36.6 Å². The number of aryl methyl sites for hydroxylation is 1. The predicted molar refractivity (Wildman–Crippen MR) is 107 cm³/mol. The molecule has 2 N–H and O–H groups in total. The third kappa shape index (κ3) is 3.27. The number of rotatable bonds is 6. The number of benzene rings is 2. The first-order chi connectivity index (χ1) is 12.8. The maximum Gasteiger partial charge on any atom is 0.124 e. The molecule has 0 bridgehead atoms. The number of para-hydroxylation sites is 2. The summed E-state index contributed by atoms with van der Waals surface area (Å²) in [5.41, 5.74) is 9.87. The van der Waals surface area contributed by atoms with Crippen LogP contribution in [0.2, 0.25) is 0 Å². The van der Waals surface area contributed by atoms with E-state index in [0.717, 1.165) is 44.7 Å². The van der Waals surface area contributed by atoms with Crippen LogP contribution in [0.1, 0.15) is 30.7 Å². The molecule has 0 amide bonds. The van der Waals surface area contributed by atoms with E-state index >= 15 is 0 Å². The van der Waals surface area contributed by atoms with Gasteiger partial charge in [-0.3, -0.25) is 4.90 Å². The van der Waals surface area contributed by atoms with Gasteiger partial charge in [-0.25, -0.2) is 4.98 Å². The van der Waals surface area contributed by atoms with Crippen LogP contribution in [0.4, 0.5) is 0 Å². The second-order valence-electron chi connectivity index (χ2n) is 7.38. The highest BCUT2D eigenvalue weighted by Gasteiger charge is 2.33. The predicted octanol–water partition coefficient (Wildman–Crippen LogP) is 3.62. The van der Waals surface area contributed by atoms with Crippen molar-refractivity contribution in [1.29, 1.82) is 0 Å². The van der Waals surface area contributed by atoms with Crippen molar-refractivity contribution in [3.05, 3.63) is 66.0 Å². The van der Waals surface area contributed by atoms with Crippen LogP contribution in [0, 0.1) is 5.92 Å². The molecular weight excluding hydrogens is 320 g/mol. The van der Waals surface area contributed by atoms with E-state index in [0.29, 0.717) is 11.8 Å². The molecule has 4 heteroatoms. The summed E-state index contributed by atoms with van der Waals surface area (Å²) in [5, 5.41) is 0. The van der Waals surface area contributed by atoms with Gasteiger partial charge in [0.05, 0.1) is 17.6 Å². The molecule has 136 valence electrons. The molecule has 2 atom stereocenters. The number of nitrogens with zero attached hydrogens (tertiary/aromatic N) is 3. The molecule has 26 heavy (non-hydrogen) atoms. The minimum Gasteiger partial charge on any atom is -0.330 e. The molecule has 4 nitrogen and oxygen atoms in total. The molecule has 0 spiro atoms. The van der Waals surface area contributed by atoms with Crippen LogP contribution in [0.25, 0.3) is 11.0 Å². The summed E-state index contributed by atoms with van der Waals surface area (Å²) in [6, 6.07) is 19.3. The fourth-order valence-electron chi connectivity index (χ4n) is 4.33. The molecule has 3 aromatic rings. The number of aromatic nitrogens is 2. The van der Waals surface area contributed by atoms with Crippen LogP contribution in [0.3, 0.4) is 0 Å². The van der Waals surface area contributed by atoms with Crippen molar-refractivity contribution in [2.45, 2.75) is 32.4 Å². The summed E-state index contributed by atoms with van der Waals surface area (Å²) in [6.07, 6.45) is 1.12. The van der Waals surface area contributed by atoms with Gasteiger partial charge in [-0.1, -0.05) is 49.4 Å². The highest BCUT2D eigenvalue weighted by atomic mass is 15.2. The van der Waals surface area contributed by atoms with Gasteiger partial charge in [0.15, 0.2) is 0 Å². The minimum atomic E-state index is 0.515. The third-order valence-corrected chi connectivity index (χ3v) is 5.59. The van der Waals surface area contributed by atoms with E-state index in [1.165, 1.54) is 16.9 Å². The Balaban J connectivity index is 1.58. The summed E-state index contributed by atoms with van der Waals surface area (Å²) >= 11 is 0. The van der Waals surface area contributed by atoms with Crippen molar-refractivity contribution in [3.8, 4) is 0 Å². The van der Waals surface area contributed by atoms with Crippen molar-refractivity contribution in [2.24, 2.45) is 11.7 Å². The molecule has 2 heterocycles. The van der Waals surface area contributed by atoms with Gasteiger partial charge in [-0.2, -0.15) is 0 Å². The second-order valence-corrected chi connectivity index (χ2v) is 7.38. The lowest BCUT2D eigenvalue weighted by atomic mass is 9.89. The minimum absolute atomic E-state index is 0.515. The lowest BCUT2D eigenvalue weighted by Crippen LogP contribution is -2.24. The van der Waals surface area contributed by atoms with E-state index in [4.69, 9.17) is 10.7 Å². The fraction of sp³-hybridized carbons (Fsp3) is 0.409. The number of hydrogen-bond donors (Lipinski definition) is 1. The van der Waals surface area contributed by atoms with Crippen LogP contribution >= 0.6 is 0 Å². The Kier molecular flexibility index (Phi) is 5.05. The van der Waals surface area contributed by atoms with Crippen molar-refractivity contribution >= 4 is 11.0 Å². The van der Waals surface area contributed by atoms with E-state index in [1.54, 1.807) is 0 Å². The van der Waals surface area contributed by atoms with E-state index in [-0.39, 0.29) is 0 Å². The van der Waals surface area contributed by atoms with Gasteiger partial charge < -0.3 is 10.3 Å². The molecule has 1 aliphatic heterocycles. The third-order valence-electron chi connectivity index (χ3n) is 5.59. The van der Waals surface area contributed by atoms with Crippen LogP contribution in [-0.2, 0) is 13.1 Å². The second kappa shape index (κ2) is 7.60. The van der Waals surface area contributed by atoms with E-state index < -0.39 is 0 Å². The summed E-state index contributed by atoms with van der Waals surface area (Å²) < 4.78 is 2.39. The Morgan fingerprint density at radius 2 is 1.81 bits per heavy atom. The van der Waals surface area contributed by atoms with Crippen molar-refractivity contribution < 1.29 is 0 Å². The molecule has 1 fully saturated rings. The number of nitrogens with two attached hydrogens (primary N) is 1. The molecule has 1 aliphatic rings. The first kappa shape index (κ1) is 17.3. The number of fused-ring (bicyclic) bond motifs is 1. The first-order valence-electron chi connectivity index (χ1n) is 9.71. The molecule has 1 saturated heterocycles. The topological polar surface area (TPSA) is 47.1 Å². The molecule has 2 aromatic carbocycles. The van der Waals surface area contributed by atoms with Crippen molar-refractivity contribution in [1.82, 2.24) is 14.5 Å². The zero-order valence-electron chi connectivity index (χ0n) is 15.5. The number of imidazole rings is 1. The summed E-state index contributed by atoms with van der Waals surface area (Å²) in [4.78, 5) is 7.46. The summed E-state index contributed by atoms with van der Waals surface area (Å²) in [5.74, 6) is 2.21. The Labute approximate surface area is 155 Å². The van der Waals surface area contributed by atoms with Gasteiger partial charge in [-0.15, -0.1) is 0 Å². The van der Waals surface area contributed by atoms with Crippen LogP contribution < -0.4 is 5.73 Å². The van der Waals surface area contributed by atoms with E-state index in [9.17, 15) is 0 Å². The molecular formula is C22H28N4. The zero-order chi connectivity index (χ0) is 17.9. The van der Waals surface area contributed by atoms with Gasteiger partial charge in [0.2, 0.25) is 0 Å². The molecule has 0 unspecified atom stereocenters. The van der Waals surface area contributed by atoms with Crippen LogP contribution in [-0.4, -0.2) is 34.1 Å². The first-order valence-corrected chi connectivity index (χ1v) is 9.71. The summed E-state index contributed by atoms with van der Waals surface area (Å²) in [6.45, 7) is 6.99. The molecule has 0 aliphatic carbocycles. The lowest BCUT2D eigenvalue weighted by molar-refractivity contribution is 0.303. The highest BCUT2D eigenvalue weighted by molar-refractivity contribution is 5.75. The fourth-order valence-corrected chi connectivity index (χ4v) is 4.33. The number of hydrogen-bond acceptors (Lipinski definition) is 3. The maximum absolute atomic E-state index is 6.11. The largest absolute Gasteiger partial charge is 0.330 e. The maximum atomic E-state index is 6.11.